The Morgan fingerprint density at radius 1 is 1.50 bits per heavy atom. The summed E-state index contributed by atoms with van der Waals surface area (Å²) in [7, 11) is -2.39. The van der Waals surface area contributed by atoms with Crippen molar-refractivity contribution in [3.05, 3.63) is 27.7 Å². The second-order valence-electron chi connectivity index (χ2n) is 2.37. The van der Waals surface area contributed by atoms with Gasteiger partial charge in [-0.05, 0) is 34.1 Å². The predicted molar refractivity (Wildman–Crippen MR) is 56.5 cm³/mol. The molecule has 0 aliphatic rings. The summed E-state index contributed by atoms with van der Waals surface area (Å²) in [6.45, 7) is 0. The van der Waals surface area contributed by atoms with Crippen LogP contribution in [0.1, 0.15) is 0 Å². The molecule has 1 N–H and O–H groups in total. The van der Waals surface area contributed by atoms with Crippen molar-refractivity contribution in [3.63, 3.8) is 0 Å². The molecule has 0 heterocycles. The summed E-state index contributed by atoms with van der Waals surface area (Å²) in [4.78, 5) is 6.32. The maximum atomic E-state index is 11.4. The van der Waals surface area contributed by atoms with Crippen LogP contribution in [-0.2, 0) is 14.9 Å². The first-order valence-electron chi connectivity index (χ1n) is 3.47. The predicted octanol–water partition coefficient (Wildman–Crippen LogP) is 1.94. The van der Waals surface area contributed by atoms with E-state index in [-0.39, 0.29) is 4.90 Å². The zero-order valence-corrected chi connectivity index (χ0v) is 10.3. The molecule has 78 valence electrons. The number of rotatable bonds is 3. The average Bonchev–Trinajstić information content (AvgIpc) is 2.09. The lowest BCUT2D eigenvalue weighted by atomic mass is 10.4. The van der Waals surface area contributed by atoms with Gasteiger partial charge in [0.15, 0.2) is 0 Å². The smallest absolute Gasteiger partial charge is 0.262 e. The van der Waals surface area contributed by atoms with Gasteiger partial charge in [0.2, 0.25) is 0 Å². The van der Waals surface area contributed by atoms with E-state index in [2.05, 4.69) is 20.8 Å². The maximum absolute atomic E-state index is 11.4. The summed E-state index contributed by atoms with van der Waals surface area (Å²) in [5, 5.41) is 0.446. The normalized spacial score (nSPS) is 11.6. The van der Waals surface area contributed by atoms with Gasteiger partial charge in [-0.15, -0.1) is 0 Å². The standard InChI is InChI=1S/C7H7BrClNO3S/c1-13-10-14(11,12)5-2-3-7(9)6(8)4-5/h2-4,10H,1H3. The van der Waals surface area contributed by atoms with Gasteiger partial charge in [-0.1, -0.05) is 16.5 Å². The Balaban J connectivity index is 3.15. The average molecular weight is 301 g/mol. The molecule has 0 aliphatic heterocycles. The Hall–Kier alpha value is -0.140. The molecular formula is C7H7BrClNO3S. The summed E-state index contributed by atoms with van der Waals surface area (Å²) in [6, 6.07) is 4.26. The van der Waals surface area contributed by atoms with Gasteiger partial charge in [0.1, 0.15) is 0 Å². The van der Waals surface area contributed by atoms with Crippen molar-refractivity contribution in [2.75, 3.05) is 7.11 Å². The number of nitrogens with one attached hydrogen (secondary N) is 1. The fourth-order valence-electron chi connectivity index (χ4n) is 0.802. The van der Waals surface area contributed by atoms with Crippen LogP contribution in [0, 0.1) is 0 Å². The van der Waals surface area contributed by atoms with E-state index in [0.717, 1.165) is 0 Å². The topological polar surface area (TPSA) is 55.4 Å². The van der Waals surface area contributed by atoms with Crippen LogP contribution in [0.15, 0.2) is 27.6 Å². The second kappa shape index (κ2) is 4.59. The molecule has 0 aromatic heterocycles. The van der Waals surface area contributed by atoms with Gasteiger partial charge >= 0.3 is 0 Å². The number of hydrogen-bond acceptors (Lipinski definition) is 3. The minimum Gasteiger partial charge on any atom is -0.290 e. The van der Waals surface area contributed by atoms with E-state index in [0.29, 0.717) is 9.50 Å². The van der Waals surface area contributed by atoms with Gasteiger partial charge < -0.3 is 0 Å². The van der Waals surface area contributed by atoms with Crippen LogP contribution in [-0.4, -0.2) is 15.5 Å². The molecule has 0 bridgehead atoms. The van der Waals surface area contributed by atoms with Crippen LogP contribution in [0.3, 0.4) is 0 Å². The first-order chi connectivity index (χ1) is 6.47. The highest BCUT2D eigenvalue weighted by atomic mass is 79.9. The number of sulfonamides is 1. The van der Waals surface area contributed by atoms with Gasteiger partial charge in [-0.25, -0.2) is 8.42 Å². The van der Waals surface area contributed by atoms with Crippen molar-refractivity contribution in [1.29, 1.82) is 0 Å². The first-order valence-corrected chi connectivity index (χ1v) is 6.12. The van der Waals surface area contributed by atoms with Gasteiger partial charge in [0, 0.05) is 4.47 Å². The highest BCUT2D eigenvalue weighted by Crippen LogP contribution is 2.25. The molecular weight excluding hydrogens is 294 g/mol. The van der Waals surface area contributed by atoms with E-state index in [1.54, 1.807) is 0 Å². The van der Waals surface area contributed by atoms with Crippen molar-refractivity contribution in [3.8, 4) is 0 Å². The van der Waals surface area contributed by atoms with Gasteiger partial charge in [-0.2, -0.15) is 0 Å². The lowest BCUT2D eigenvalue weighted by molar-refractivity contribution is 0.153. The van der Waals surface area contributed by atoms with Crippen molar-refractivity contribution >= 4 is 37.6 Å². The molecule has 14 heavy (non-hydrogen) atoms. The quantitative estimate of drug-likeness (QED) is 0.868. The van der Waals surface area contributed by atoms with Crippen LogP contribution in [0.4, 0.5) is 0 Å². The zero-order valence-electron chi connectivity index (χ0n) is 7.12. The van der Waals surface area contributed by atoms with Crippen LogP contribution in [0.25, 0.3) is 0 Å². The molecule has 1 rings (SSSR count). The fraction of sp³-hybridized carbons (Fsp3) is 0.143. The second-order valence-corrected chi connectivity index (χ2v) is 5.27. The number of hydrogen-bond donors (Lipinski definition) is 1. The van der Waals surface area contributed by atoms with Crippen LogP contribution in [0.2, 0.25) is 5.02 Å². The van der Waals surface area contributed by atoms with Crippen LogP contribution < -0.4 is 4.89 Å². The van der Waals surface area contributed by atoms with Crippen molar-refractivity contribution in [1.82, 2.24) is 4.89 Å². The maximum Gasteiger partial charge on any atom is 0.262 e. The van der Waals surface area contributed by atoms with Gasteiger partial charge in [0.05, 0.1) is 17.0 Å². The number of benzene rings is 1. The fourth-order valence-corrected chi connectivity index (χ4v) is 2.29. The van der Waals surface area contributed by atoms with Crippen LogP contribution >= 0.6 is 27.5 Å². The SMILES string of the molecule is CONS(=O)(=O)c1ccc(Cl)c(Br)c1. The van der Waals surface area contributed by atoms with Crippen molar-refractivity contribution < 1.29 is 13.3 Å². The Morgan fingerprint density at radius 3 is 2.64 bits per heavy atom. The Kier molecular flexibility index (Phi) is 3.91. The van der Waals surface area contributed by atoms with Crippen molar-refractivity contribution in [2.24, 2.45) is 0 Å². The molecule has 0 radical (unpaired) electrons. The lowest BCUT2D eigenvalue weighted by Crippen LogP contribution is -2.22. The molecule has 1 aromatic rings. The zero-order chi connectivity index (χ0) is 10.8. The third-order valence-electron chi connectivity index (χ3n) is 1.39. The Morgan fingerprint density at radius 2 is 2.14 bits per heavy atom. The van der Waals surface area contributed by atoms with E-state index < -0.39 is 10.0 Å². The van der Waals surface area contributed by atoms with E-state index >= 15 is 0 Å². The Labute approximate surface area is 95.3 Å². The van der Waals surface area contributed by atoms with E-state index in [1.807, 2.05) is 4.89 Å². The van der Waals surface area contributed by atoms with E-state index in [4.69, 9.17) is 11.6 Å². The Bertz CT molecular complexity index is 435. The summed E-state index contributed by atoms with van der Waals surface area (Å²) < 4.78 is 23.3. The van der Waals surface area contributed by atoms with Gasteiger partial charge in [-0.3, -0.25) is 4.84 Å². The molecule has 0 spiro atoms. The minimum absolute atomic E-state index is 0.0793. The molecule has 0 saturated heterocycles. The summed E-state index contributed by atoms with van der Waals surface area (Å²) >= 11 is 8.84. The monoisotopic (exact) mass is 299 g/mol. The summed E-state index contributed by atoms with van der Waals surface area (Å²) in [5.41, 5.74) is 0. The highest BCUT2D eigenvalue weighted by Gasteiger charge is 2.14. The lowest BCUT2D eigenvalue weighted by Gasteiger charge is -2.04. The molecule has 0 fully saturated rings. The molecule has 1 aromatic carbocycles. The van der Waals surface area contributed by atoms with E-state index in [1.165, 1.54) is 25.3 Å². The molecule has 4 nitrogen and oxygen atoms in total. The first kappa shape index (κ1) is 11.9. The highest BCUT2D eigenvalue weighted by molar-refractivity contribution is 9.10. The van der Waals surface area contributed by atoms with Crippen molar-refractivity contribution in [2.45, 2.75) is 4.90 Å². The minimum atomic E-state index is -3.61. The molecule has 7 heteroatoms. The number of halogens is 2. The molecule has 0 unspecified atom stereocenters. The molecule has 0 atom stereocenters. The third-order valence-corrected chi connectivity index (χ3v) is 3.87. The summed E-state index contributed by atoms with van der Waals surface area (Å²) in [5.74, 6) is 0. The molecule has 0 amide bonds. The molecule has 0 aliphatic carbocycles. The largest absolute Gasteiger partial charge is 0.290 e. The third kappa shape index (κ3) is 2.68. The molecule has 0 saturated carbocycles. The van der Waals surface area contributed by atoms with E-state index in [9.17, 15) is 8.42 Å². The van der Waals surface area contributed by atoms with Gasteiger partial charge in [0.25, 0.3) is 10.0 Å². The van der Waals surface area contributed by atoms with Crippen LogP contribution in [0.5, 0.6) is 0 Å². The summed E-state index contributed by atoms with van der Waals surface area (Å²) in [6.07, 6.45) is 0.